The Labute approximate surface area is 195 Å². The van der Waals surface area contributed by atoms with Crippen molar-refractivity contribution in [3.05, 3.63) is 104 Å². The smallest absolute Gasteiger partial charge is 0.247 e. The maximum absolute atomic E-state index is 11.6. The molecule has 0 radical (unpaired) electrons. The Morgan fingerprint density at radius 2 is 1.68 bits per heavy atom. The third kappa shape index (κ3) is 4.63. The van der Waals surface area contributed by atoms with E-state index in [4.69, 9.17) is 9.47 Å². The molecule has 1 amide bonds. The van der Waals surface area contributed by atoms with Crippen molar-refractivity contribution in [2.45, 2.75) is 0 Å². The van der Waals surface area contributed by atoms with Gasteiger partial charge in [-0.1, -0.05) is 43.0 Å². The number of aromatic nitrogens is 3. The molecule has 0 aliphatic carbocycles. The maximum Gasteiger partial charge on any atom is 0.247 e. The van der Waals surface area contributed by atoms with Crippen molar-refractivity contribution in [3.63, 3.8) is 0 Å². The van der Waals surface area contributed by atoms with Crippen molar-refractivity contribution in [1.29, 1.82) is 0 Å². The molecule has 34 heavy (non-hydrogen) atoms. The highest BCUT2D eigenvalue weighted by molar-refractivity contribution is 5.99. The summed E-state index contributed by atoms with van der Waals surface area (Å²) in [6, 6.07) is 24.4. The van der Waals surface area contributed by atoms with E-state index < -0.39 is 0 Å². The normalized spacial score (nSPS) is 10.6. The van der Waals surface area contributed by atoms with Crippen molar-refractivity contribution in [2.75, 3.05) is 5.32 Å². The summed E-state index contributed by atoms with van der Waals surface area (Å²) in [5.74, 6) is 2.04. The molecule has 166 valence electrons. The lowest BCUT2D eigenvalue weighted by Gasteiger charge is -2.08. The van der Waals surface area contributed by atoms with Gasteiger partial charge in [-0.05, 0) is 48.0 Å². The second-order valence-electron chi connectivity index (χ2n) is 7.37. The van der Waals surface area contributed by atoms with Gasteiger partial charge in [0.05, 0.1) is 6.20 Å². The first-order valence-electron chi connectivity index (χ1n) is 10.6. The number of hydrogen-bond donors (Lipinski definition) is 2. The molecule has 0 aliphatic rings. The van der Waals surface area contributed by atoms with Crippen molar-refractivity contribution in [1.82, 2.24) is 15.0 Å². The molecule has 2 aromatic heterocycles. The summed E-state index contributed by atoms with van der Waals surface area (Å²) in [5, 5.41) is 2.71. The van der Waals surface area contributed by atoms with Gasteiger partial charge in [-0.25, -0.2) is 9.97 Å². The summed E-state index contributed by atoms with van der Waals surface area (Å²) in [4.78, 5) is 23.8. The topological polar surface area (TPSA) is 89.1 Å². The van der Waals surface area contributed by atoms with Crippen LogP contribution in [0.5, 0.6) is 23.1 Å². The number of rotatable bonds is 7. The summed E-state index contributed by atoms with van der Waals surface area (Å²) in [5.41, 5.74) is 3.71. The number of anilines is 1. The molecule has 7 nitrogen and oxygen atoms in total. The van der Waals surface area contributed by atoms with Crippen LogP contribution in [0.15, 0.2) is 104 Å². The number of carbonyl (C=O) groups excluding carboxylic acids is 1. The summed E-state index contributed by atoms with van der Waals surface area (Å²) in [7, 11) is 0. The number of para-hydroxylation sites is 1. The molecule has 0 fully saturated rings. The number of benzene rings is 3. The third-order valence-corrected chi connectivity index (χ3v) is 4.99. The third-order valence-electron chi connectivity index (χ3n) is 4.99. The molecule has 5 rings (SSSR count). The van der Waals surface area contributed by atoms with Crippen LogP contribution in [-0.4, -0.2) is 20.9 Å². The van der Waals surface area contributed by atoms with Gasteiger partial charge in [0, 0.05) is 23.5 Å². The Morgan fingerprint density at radius 1 is 0.912 bits per heavy atom. The highest BCUT2D eigenvalue weighted by Gasteiger charge is 2.12. The molecule has 0 aliphatic heterocycles. The average molecular weight is 448 g/mol. The molecule has 0 atom stereocenters. The van der Waals surface area contributed by atoms with Gasteiger partial charge in [0.25, 0.3) is 0 Å². The fraction of sp³-hybridized carbons (Fsp3) is 0. The van der Waals surface area contributed by atoms with E-state index in [2.05, 4.69) is 26.8 Å². The number of H-pyrrole nitrogens is 1. The molecule has 2 N–H and O–H groups in total. The van der Waals surface area contributed by atoms with E-state index in [1.54, 1.807) is 30.5 Å². The molecular formula is C27H20N4O3. The number of aromatic amines is 1. The van der Waals surface area contributed by atoms with Gasteiger partial charge in [-0.2, -0.15) is 0 Å². The highest BCUT2D eigenvalue weighted by Crippen LogP contribution is 2.32. The van der Waals surface area contributed by atoms with Crippen LogP contribution in [0.1, 0.15) is 0 Å². The van der Waals surface area contributed by atoms with Crippen molar-refractivity contribution in [3.8, 4) is 34.3 Å². The Hall–Kier alpha value is -4.91. The predicted molar refractivity (Wildman–Crippen MR) is 131 cm³/mol. The number of amides is 1. The first kappa shape index (κ1) is 21.0. The lowest BCUT2D eigenvalue weighted by Crippen LogP contribution is -2.07. The maximum atomic E-state index is 11.6. The minimum Gasteiger partial charge on any atom is -0.457 e. The number of nitrogens with zero attached hydrogens (tertiary/aromatic N) is 2. The average Bonchev–Trinajstić information content (AvgIpc) is 3.28. The van der Waals surface area contributed by atoms with E-state index in [-0.39, 0.29) is 5.91 Å². The SMILES string of the molecule is C=CC(=O)Nc1cccc(Oc2cnc3[nH]cc(-c4cccc(Oc5ccccc5)c4)c3n2)c1. The Bertz CT molecular complexity index is 1480. The van der Waals surface area contributed by atoms with Crippen LogP contribution in [0.4, 0.5) is 5.69 Å². The highest BCUT2D eigenvalue weighted by atomic mass is 16.5. The van der Waals surface area contributed by atoms with Crippen LogP contribution < -0.4 is 14.8 Å². The molecule has 0 unspecified atom stereocenters. The van der Waals surface area contributed by atoms with Crippen LogP contribution in [0.25, 0.3) is 22.3 Å². The summed E-state index contributed by atoms with van der Waals surface area (Å²) in [6.07, 6.45) is 4.62. The van der Waals surface area contributed by atoms with E-state index in [1.165, 1.54) is 6.08 Å². The number of carbonyl (C=O) groups is 1. The molecule has 5 aromatic rings. The van der Waals surface area contributed by atoms with Gasteiger partial charge in [0.2, 0.25) is 11.8 Å². The molecule has 3 aromatic carbocycles. The van der Waals surface area contributed by atoms with Crippen LogP contribution in [0, 0.1) is 0 Å². The number of ether oxygens (including phenoxy) is 2. The fourth-order valence-corrected chi connectivity index (χ4v) is 3.45. The lowest BCUT2D eigenvalue weighted by molar-refractivity contribution is -0.111. The Morgan fingerprint density at radius 3 is 2.50 bits per heavy atom. The van der Waals surface area contributed by atoms with Crippen molar-refractivity contribution >= 4 is 22.8 Å². The van der Waals surface area contributed by atoms with E-state index in [1.807, 2.05) is 60.8 Å². The van der Waals surface area contributed by atoms with Crippen LogP contribution >= 0.6 is 0 Å². The standard InChI is InChI=1S/C27H20N4O3/c1-2-24(32)30-19-9-7-13-22(15-19)34-25-17-29-27-26(31-25)23(16-28-27)18-8-6-12-21(14-18)33-20-10-4-3-5-11-20/h2-17H,1H2,(H,28,29)(H,30,32). The zero-order valence-electron chi connectivity index (χ0n) is 18.1. The fourth-order valence-electron chi connectivity index (χ4n) is 3.45. The second-order valence-corrected chi connectivity index (χ2v) is 7.37. The van der Waals surface area contributed by atoms with Gasteiger partial charge in [-0.3, -0.25) is 4.79 Å². The molecule has 7 heteroatoms. The first-order chi connectivity index (χ1) is 16.7. The van der Waals surface area contributed by atoms with Gasteiger partial charge in [-0.15, -0.1) is 0 Å². The number of hydrogen-bond acceptors (Lipinski definition) is 5. The second kappa shape index (κ2) is 9.30. The Kier molecular flexibility index (Phi) is 5.73. The molecule has 0 saturated carbocycles. The first-order valence-corrected chi connectivity index (χ1v) is 10.6. The zero-order valence-corrected chi connectivity index (χ0v) is 18.1. The van der Waals surface area contributed by atoms with Gasteiger partial charge in [0.15, 0.2) is 5.65 Å². The summed E-state index contributed by atoms with van der Waals surface area (Å²) >= 11 is 0. The lowest BCUT2D eigenvalue weighted by atomic mass is 10.1. The number of nitrogens with one attached hydrogen (secondary N) is 2. The van der Waals surface area contributed by atoms with Gasteiger partial charge < -0.3 is 19.8 Å². The van der Waals surface area contributed by atoms with E-state index in [9.17, 15) is 4.79 Å². The minimum absolute atomic E-state index is 0.297. The number of fused-ring (bicyclic) bond motifs is 1. The molecule has 0 spiro atoms. The summed E-state index contributed by atoms with van der Waals surface area (Å²) < 4.78 is 11.9. The van der Waals surface area contributed by atoms with E-state index >= 15 is 0 Å². The van der Waals surface area contributed by atoms with Crippen LogP contribution in [-0.2, 0) is 4.79 Å². The largest absolute Gasteiger partial charge is 0.457 e. The van der Waals surface area contributed by atoms with E-state index in [0.717, 1.165) is 22.6 Å². The molecule has 2 heterocycles. The van der Waals surface area contributed by atoms with Crippen LogP contribution in [0.3, 0.4) is 0 Å². The quantitative estimate of drug-likeness (QED) is 0.284. The van der Waals surface area contributed by atoms with Crippen molar-refractivity contribution < 1.29 is 14.3 Å². The van der Waals surface area contributed by atoms with Crippen molar-refractivity contribution in [2.24, 2.45) is 0 Å². The van der Waals surface area contributed by atoms with E-state index in [0.29, 0.717) is 28.5 Å². The monoisotopic (exact) mass is 448 g/mol. The molecule has 0 bridgehead atoms. The minimum atomic E-state index is -0.297. The predicted octanol–water partition coefficient (Wildman–Crippen LogP) is 6.33. The zero-order chi connectivity index (χ0) is 23.3. The summed E-state index contributed by atoms with van der Waals surface area (Å²) in [6.45, 7) is 3.46. The molecular weight excluding hydrogens is 428 g/mol. The molecule has 0 saturated heterocycles. The van der Waals surface area contributed by atoms with Crippen LogP contribution in [0.2, 0.25) is 0 Å². The van der Waals surface area contributed by atoms with Gasteiger partial charge in [0.1, 0.15) is 22.8 Å². The van der Waals surface area contributed by atoms with Gasteiger partial charge >= 0.3 is 0 Å². The Balaban J connectivity index is 1.42.